The number of rotatable bonds is 1. The van der Waals surface area contributed by atoms with Crippen LogP contribution < -0.4 is 5.73 Å². The highest BCUT2D eigenvalue weighted by atomic mass is 16.1. The Balaban J connectivity index is 2.82. The predicted octanol–water partition coefficient (Wildman–Crippen LogP) is 0.662. The summed E-state index contributed by atoms with van der Waals surface area (Å²) in [6, 6.07) is 1.82. The fraction of sp³-hybridized carbons (Fsp3) is 0. The molecule has 0 saturated heterocycles. The number of H-pyrrole nitrogens is 1. The lowest BCUT2D eigenvalue weighted by molar-refractivity contribution is 0.0997. The summed E-state index contributed by atoms with van der Waals surface area (Å²) in [6.07, 6.45) is 5.07. The van der Waals surface area contributed by atoms with Crippen LogP contribution in [0.1, 0.15) is 10.5 Å². The fourth-order valence-corrected chi connectivity index (χ4v) is 1.18. The Morgan fingerprint density at radius 2 is 2.33 bits per heavy atom. The van der Waals surface area contributed by atoms with Gasteiger partial charge in [0.1, 0.15) is 5.69 Å². The smallest absolute Gasteiger partial charge is 0.267 e. The van der Waals surface area contributed by atoms with Crippen LogP contribution in [0.15, 0.2) is 24.7 Å². The van der Waals surface area contributed by atoms with E-state index in [2.05, 4.69) is 9.97 Å². The number of carbonyl (C=O) groups is 1. The highest BCUT2D eigenvalue weighted by Crippen LogP contribution is 2.14. The van der Waals surface area contributed by atoms with E-state index < -0.39 is 5.91 Å². The summed E-state index contributed by atoms with van der Waals surface area (Å²) in [5.41, 5.74) is 5.44. The highest BCUT2D eigenvalue weighted by molar-refractivity contribution is 6.04. The number of carbonyl (C=O) groups excluding carboxylic acids is 1. The molecule has 12 heavy (non-hydrogen) atoms. The van der Waals surface area contributed by atoms with Gasteiger partial charge in [0.05, 0.1) is 0 Å². The Labute approximate surface area is 68.4 Å². The van der Waals surface area contributed by atoms with Crippen LogP contribution in [0.5, 0.6) is 0 Å². The van der Waals surface area contributed by atoms with Crippen LogP contribution in [0.4, 0.5) is 0 Å². The van der Waals surface area contributed by atoms with Crippen LogP contribution in [0.2, 0.25) is 0 Å². The normalized spacial score (nSPS) is 10.3. The second-order valence-electron chi connectivity index (χ2n) is 2.48. The Bertz CT molecular complexity index is 433. The molecule has 2 aromatic heterocycles. The third-order valence-corrected chi connectivity index (χ3v) is 1.72. The van der Waals surface area contributed by atoms with E-state index in [-0.39, 0.29) is 0 Å². The molecule has 0 aliphatic rings. The number of primary amides is 1. The van der Waals surface area contributed by atoms with Gasteiger partial charge in [0.15, 0.2) is 0 Å². The predicted molar refractivity (Wildman–Crippen MR) is 44.6 cm³/mol. The third-order valence-electron chi connectivity index (χ3n) is 1.72. The maximum absolute atomic E-state index is 10.9. The van der Waals surface area contributed by atoms with Gasteiger partial charge >= 0.3 is 0 Å². The quantitative estimate of drug-likeness (QED) is 0.644. The molecule has 4 nitrogen and oxygen atoms in total. The maximum atomic E-state index is 10.9. The number of hydrogen-bond donors (Lipinski definition) is 2. The summed E-state index contributed by atoms with van der Waals surface area (Å²) in [4.78, 5) is 17.6. The molecule has 0 fully saturated rings. The topological polar surface area (TPSA) is 71.8 Å². The van der Waals surface area contributed by atoms with Gasteiger partial charge in [-0.2, -0.15) is 0 Å². The van der Waals surface area contributed by atoms with Gasteiger partial charge in [0, 0.05) is 29.4 Å². The Kier molecular flexibility index (Phi) is 1.33. The first-order chi connectivity index (χ1) is 5.79. The Morgan fingerprint density at radius 3 is 3.08 bits per heavy atom. The molecule has 2 heterocycles. The number of fused-ring (bicyclic) bond motifs is 1. The molecule has 2 aromatic rings. The molecule has 0 saturated carbocycles. The zero-order valence-corrected chi connectivity index (χ0v) is 6.24. The molecular weight excluding hydrogens is 154 g/mol. The molecule has 0 atom stereocenters. The molecule has 0 aliphatic heterocycles. The maximum Gasteiger partial charge on any atom is 0.267 e. The number of nitrogens with one attached hydrogen (secondary N) is 1. The zero-order chi connectivity index (χ0) is 8.55. The zero-order valence-electron chi connectivity index (χ0n) is 6.24. The van der Waals surface area contributed by atoms with E-state index in [1.54, 1.807) is 18.6 Å². The van der Waals surface area contributed by atoms with Gasteiger partial charge in [-0.25, -0.2) is 0 Å². The van der Waals surface area contributed by atoms with Crippen molar-refractivity contribution in [2.45, 2.75) is 0 Å². The van der Waals surface area contributed by atoms with Gasteiger partial charge in [0.2, 0.25) is 0 Å². The van der Waals surface area contributed by atoms with Crippen molar-refractivity contribution in [1.82, 2.24) is 9.97 Å². The first-order valence-electron chi connectivity index (χ1n) is 3.50. The fourth-order valence-electron chi connectivity index (χ4n) is 1.18. The molecule has 0 aromatic carbocycles. The third kappa shape index (κ3) is 0.852. The average molecular weight is 161 g/mol. The van der Waals surface area contributed by atoms with Crippen LogP contribution in [0, 0.1) is 0 Å². The van der Waals surface area contributed by atoms with Crippen molar-refractivity contribution in [3.8, 4) is 0 Å². The van der Waals surface area contributed by atoms with Crippen LogP contribution in [-0.2, 0) is 0 Å². The molecule has 0 aliphatic carbocycles. The molecule has 0 bridgehead atoms. The van der Waals surface area contributed by atoms with E-state index in [0.29, 0.717) is 5.69 Å². The lowest BCUT2D eigenvalue weighted by Crippen LogP contribution is -2.12. The van der Waals surface area contributed by atoms with E-state index >= 15 is 0 Å². The van der Waals surface area contributed by atoms with Gasteiger partial charge in [-0.05, 0) is 6.07 Å². The van der Waals surface area contributed by atoms with E-state index in [1.807, 2.05) is 6.07 Å². The highest BCUT2D eigenvalue weighted by Gasteiger charge is 2.06. The van der Waals surface area contributed by atoms with Crippen molar-refractivity contribution in [1.29, 1.82) is 0 Å². The standard InChI is InChI=1S/C8H7N3O/c9-8(12)7-6-4-10-3-5(6)1-2-11-7/h1-4,10H,(H2,9,12). The van der Waals surface area contributed by atoms with Gasteiger partial charge in [-0.1, -0.05) is 0 Å². The minimum atomic E-state index is -0.500. The average Bonchev–Trinajstić information content (AvgIpc) is 2.49. The Morgan fingerprint density at radius 1 is 1.50 bits per heavy atom. The number of hydrogen-bond acceptors (Lipinski definition) is 2. The SMILES string of the molecule is NC(=O)c1nccc2c[nH]cc12. The van der Waals surface area contributed by atoms with Crippen LogP contribution in [0.3, 0.4) is 0 Å². The first kappa shape index (κ1) is 6.84. The van der Waals surface area contributed by atoms with Crippen molar-refractivity contribution in [3.05, 3.63) is 30.4 Å². The summed E-state index contributed by atoms with van der Waals surface area (Å²) in [5.74, 6) is -0.500. The molecule has 0 radical (unpaired) electrons. The van der Waals surface area contributed by atoms with Crippen molar-refractivity contribution in [3.63, 3.8) is 0 Å². The van der Waals surface area contributed by atoms with E-state index in [0.717, 1.165) is 10.8 Å². The minimum Gasteiger partial charge on any atom is -0.366 e. The summed E-state index contributed by atoms with van der Waals surface area (Å²) in [7, 11) is 0. The summed E-state index contributed by atoms with van der Waals surface area (Å²) in [6.45, 7) is 0. The Hall–Kier alpha value is -1.84. The van der Waals surface area contributed by atoms with E-state index in [9.17, 15) is 4.79 Å². The molecule has 60 valence electrons. The lowest BCUT2D eigenvalue weighted by atomic mass is 10.2. The summed E-state index contributed by atoms with van der Waals surface area (Å²) >= 11 is 0. The molecular formula is C8H7N3O. The van der Waals surface area contributed by atoms with Crippen molar-refractivity contribution in [2.24, 2.45) is 5.73 Å². The van der Waals surface area contributed by atoms with Crippen LogP contribution in [0.25, 0.3) is 10.8 Å². The number of amides is 1. The number of aromatic nitrogens is 2. The number of aromatic amines is 1. The lowest BCUT2D eigenvalue weighted by Gasteiger charge is -1.94. The van der Waals surface area contributed by atoms with E-state index in [4.69, 9.17) is 5.73 Å². The molecule has 1 amide bonds. The molecule has 2 rings (SSSR count). The summed E-state index contributed by atoms with van der Waals surface area (Å²) < 4.78 is 0. The van der Waals surface area contributed by atoms with Gasteiger partial charge in [-0.3, -0.25) is 9.78 Å². The molecule has 4 heteroatoms. The second-order valence-corrected chi connectivity index (χ2v) is 2.48. The largest absolute Gasteiger partial charge is 0.366 e. The monoisotopic (exact) mass is 161 g/mol. The second kappa shape index (κ2) is 2.34. The molecule has 0 unspecified atom stereocenters. The van der Waals surface area contributed by atoms with E-state index in [1.165, 1.54) is 0 Å². The van der Waals surface area contributed by atoms with Gasteiger partial charge in [0.25, 0.3) is 5.91 Å². The number of pyridine rings is 1. The number of nitrogens with zero attached hydrogens (tertiary/aromatic N) is 1. The first-order valence-corrected chi connectivity index (χ1v) is 3.50. The summed E-state index contributed by atoms with van der Waals surface area (Å²) in [5, 5.41) is 1.71. The molecule has 3 N–H and O–H groups in total. The van der Waals surface area contributed by atoms with Crippen LogP contribution in [-0.4, -0.2) is 15.9 Å². The van der Waals surface area contributed by atoms with Crippen molar-refractivity contribution >= 4 is 16.7 Å². The van der Waals surface area contributed by atoms with Gasteiger partial charge < -0.3 is 10.7 Å². The van der Waals surface area contributed by atoms with Crippen LogP contribution >= 0.6 is 0 Å². The van der Waals surface area contributed by atoms with Crippen molar-refractivity contribution in [2.75, 3.05) is 0 Å². The van der Waals surface area contributed by atoms with Gasteiger partial charge in [-0.15, -0.1) is 0 Å². The molecule has 0 spiro atoms. The minimum absolute atomic E-state index is 0.314. The van der Waals surface area contributed by atoms with Crippen molar-refractivity contribution < 1.29 is 4.79 Å². The number of nitrogens with two attached hydrogens (primary N) is 1.